The van der Waals surface area contributed by atoms with Crippen molar-refractivity contribution in [2.75, 3.05) is 34.4 Å². The predicted molar refractivity (Wildman–Crippen MR) is 104 cm³/mol. The van der Waals surface area contributed by atoms with E-state index in [0.29, 0.717) is 13.1 Å². The van der Waals surface area contributed by atoms with Crippen molar-refractivity contribution >= 4 is 17.9 Å². The average molecular weight is 350 g/mol. The van der Waals surface area contributed by atoms with Crippen molar-refractivity contribution in [3.8, 4) is 11.5 Å². The lowest BCUT2D eigenvalue weighted by Crippen LogP contribution is -3.10. The molecule has 0 saturated carbocycles. The van der Waals surface area contributed by atoms with Gasteiger partial charge in [0.05, 0.1) is 32.4 Å². The Labute approximate surface area is 154 Å². The van der Waals surface area contributed by atoms with E-state index in [1.54, 1.807) is 14.2 Å². The van der Waals surface area contributed by atoms with Crippen molar-refractivity contribution in [1.82, 2.24) is 0 Å². The van der Waals surface area contributed by atoms with Crippen LogP contribution < -0.4 is 14.4 Å². The molecular formula is C22H24NO3+. The molecule has 2 aromatic carbocycles. The van der Waals surface area contributed by atoms with Crippen LogP contribution in [0.5, 0.6) is 11.5 Å². The van der Waals surface area contributed by atoms with E-state index < -0.39 is 0 Å². The zero-order valence-corrected chi connectivity index (χ0v) is 15.4. The van der Waals surface area contributed by atoms with Crippen molar-refractivity contribution in [3.05, 3.63) is 70.8 Å². The smallest absolute Gasteiger partial charge is 0.196 e. The summed E-state index contributed by atoms with van der Waals surface area (Å²) in [6.07, 6.45) is 3.93. The van der Waals surface area contributed by atoms with Gasteiger partial charge in [0.1, 0.15) is 24.6 Å². The number of quaternary nitrogens is 1. The second-order valence-electron chi connectivity index (χ2n) is 6.53. The molecule has 26 heavy (non-hydrogen) atoms. The van der Waals surface area contributed by atoms with E-state index in [-0.39, 0.29) is 5.78 Å². The second-order valence-corrected chi connectivity index (χ2v) is 6.53. The molecule has 0 aliphatic carbocycles. The number of ether oxygens (including phenoxy) is 2. The third kappa shape index (κ3) is 4.21. The lowest BCUT2D eigenvalue weighted by atomic mass is 9.94. The molecule has 0 amide bonds. The maximum absolute atomic E-state index is 13.0. The van der Waals surface area contributed by atoms with Gasteiger partial charge in [-0.15, -0.1) is 0 Å². The van der Waals surface area contributed by atoms with Gasteiger partial charge in [0, 0.05) is 0 Å². The summed E-state index contributed by atoms with van der Waals surface area (Å²) in [5, 5.41) is 0. The summed E-state index contributed by atoms with van der Waals surface area (Å²) in [5.41, 5.74) is 3.58. The Morgan fingerprint density at radius 3 is 1.73 bits per heavy atom. The lowest BCUT2D eigenvalue weighted by Gasteiger charge is -2.23. The molecule has 4 heteroatoms. The first kappa shape index (κ1) is 18.0. The molecule has 4 nitrogen and oxygen atoms in total. The molecule has 134 valence electrons. The van der Waals surface area contributed by atoms with Gasteiger partial charge in [-0.2, -0.15) is 0 Å². The molecule has 2 aromatic rings. The molecule has 1 N–H and O–H groups in total. The maximum atomic E-state index is 13.0. The predicted octanol–water partition coefficient (Wildman–Crippen LogP) is 2.27. The molecule has 0 spiro atoms. The summed E-state index contributed by atoms with van der Waals surface area (Å²) in [4.78, 5) is 14.3. The van der Waals surface area contributed by atoms with E-state index >= 15 is 0 Å². The molecule has 1 aliphatic rings. The van der Waals surface area contributed by atoms with Crippen LogP contribution in [0.2, 0.25) is 0 Å². The highest BCUT2D eigenvalue weighted by Gasteiger charge is 2.27. The number of carbonyl (C=O) groups is 1. The number of likely N-dealkylation sites (N-methyl/N-ethyl adjacent to an activating group) is 1. The Hall–Kier alpha value is -2.85. The van der Waals surface area contributed by atoms with Crippen LogP contribution in [0.25, 0.3) is 12.2 Å². The number of Topliss-reactive ketones (excluding diaryl/α,β-unsaturated/α-hetero) is 1. The largest absolute Gasteiger partial charge is 0.497 e. The van der Waals surface area contributed by atoms with Crippen LogP contribution in [0.3, 0.4) is 0 Å². The van der Waals surface area contributed by atoms with Crippen molar-refractivity contribution in [2.24, 2.45) is 0 Å². The number of benzene rings is 2. The molecule has 0 radical (unpaired) electrons. The minimum atomic E-state index is 0.112. The topological polar surface area (TPSA) is 40.0 Å². The Morgan fingerprint density at radius 2 is 1.31 bits per heavy atom. The number of hydrogen-bond acceptors (Lipinski definition) is 3. The van der Waals surface area contributed by atoms with Crippen LogP contribution in [0.1, 0.15) is 11.1 Å². The van der Waals surface area contributed by atoms with E-state index in [2.05, 4.69) is 7.05 Å². The van der Waals surface area contributed by atoms with Gasteiger partial charge < -0.3 is 14.4 Å². The van der Waals surface area contributed by atoms with Gasteiger partial charge in [0.15, 0.2) is 5.78 Å². The minimum absolute atomic E-state index is 0.112. The van der Waals surface area contributed by atoms with Crippen molar-refractivity contribution < 1.29 is 19.2 Å². The van der Waals surface area contributed by atoms with Crippen LogP contribution in [0, 0.1) is 0 Å². The summed E-state index contributed by atoms with van der Waals surface area (Å²) < 4.78 is 10.5. The molecule has 1 heterocycles. The number of ketones is 1. The monoisotopic (exact) mass is 350 g/mol. The molecule has 1 atom stereocenters. The average Bonchev–Trinajstić information content (AvgIpc) is 2.66. The Kier molecular flexibility index (Phi) is 5.54. The molecule has 1 saturated heterocycles. The number of nitrogens with one attached hydrogen (secondary N) is 1. The van der Waals surface area contributed by atoms with Gasteiger partial charge in [-0.3, -0.25) is 4.79 Å². The zero-order valence-electron chi connectivity index (χ0n) is 15.4. The van der Waals surface area contributed by atoms with E-state index in [9.17, 15) is 4.79 Å². The van der Waals surface area contributed by atoms with Gasteiger partial charge in [-0.05, 0) is 47.5 Å². The summed E-state index contributed by atoms with van der Waals surface area (Å²) in [5.74, 6) is 1.69. The van der Waals surface area contributed by atoms with E-state index in [1.807, 2.05) is 60.7 Å². The van der Waals surface area contributed by atoms with Crippen LogP contribution in [-0.2, 0) is 4.79 Å². The lowest BCUT2D eigenvalue weighted by molar-refractivity contribution is -0.870. The highest BCUT2D eigenvalue weighted by atomic mass is 16.5. The van der Waals surface area contributed by atoms with Gasteiger partial charge in [0.25, 0.3) is 0 Å². The summed E-state index contributed by atoms with van der Waals surface area (Å²) in [6.45, 7) is 1.43. The number of hydrogen-bond donors (Lipinski definition) is 1. The highest BCUT2D eigenvalue weighted by molar-refractivity contribution is 6.14. The Balaban J connectivity index is 1.92. The molecular weight excluding hydrogens is 326 g/mol. The molecule has 1 unspecified atom stereocenters. The highest BCUT2D eigenvalue weighted by Crippen LogP contribution is 2.20. The van der Waals surface area contributed by atoms with Gasteiger partial charge in [0.2, 0.25) is 0 Å². The number of rotatable bonds is 4. The summed E-state index contributed by atoms with van der Waals surface area (Å²) >= 11 is 0. The molecule has 1 aliphatic heterocycles. The quantitative estimate of drug-likeness (QED) is 0.860. The number of carbonyl (C=O) groups excluding carboxylic acids is 1. The fraction of sp³-hybridized carbons (Fsp3) is 0.227. The van der Waals surface area contributed by atoms with Crippen LogP contribution in [0.15, 0.2) is 59.7 Å². The van der Waals surface area contributed by atoms with Gasteiger partial charge in [-0.25, -0.2) is 0 Å². The fourth-order valence-corrected chi connectivity index (χ4v) is 3.18. The minimum Gasteiger partial charge on any atom is -0.497 e. The van der Waals surface area contributed by atoms with Crippen molar-refractivity contribution in [1.29, 1.82) is 0 Å². The standard InChI is InChI=1S/C22H23NO3/c1-23-14-18(10-16-6-4-8-20(12-16)25-2)22(24)19(15-23)11-17-7-5-9-21(13-17)26-3/h4-13H,14-15H2,1-3H3/p+1/b18-10-,19-11+. The van der Waals surface area contributed by atoms with E-state index in [4.69, 9.17) is 9.47 Å². The van der Waals surface area contributed by atoms with Crippen molar-refractivity contribution in [3.63, 3.8) is 0 Å². The van der Waals surface area contributed by atoms with E-state index in [1.165, 1.54) is 4.90 Å². The zero-order chi connectivity index (χ0) is 18.5. The first-order valence-electron chi connectivity index (χ1n) is 8.64. The number of likely N-dealkylation sites (tertiary alicyclic amines) is 1. The molecule has 0 aromatic heterocycles. The summed E-state index contributed by atoms with van der Waals surface area (Å²) in [6, 6.07) is 15.5. The number of piperidine rings is 1. The van der Waals surface area contributed by atoms with Gasteiger partial charge in [-0.1, -0.05) is 24.3 Å². The third-order valence-corrected chi connectivity index (χ3v) is 4.44. The molecule has 0 bridgehead atoms. The van der Waals surface area contributed by atoms with E-state index in [0.717, 1.165) is 33.8 Å². The second kappa shape index (κ2) is 8.02. The summed E-state index contributed by atoms with van der Waals surface area (Å²) in [7, 11) is 5.39. The first-order chi connectivity index (χ1) is 12.6. The maximum Gasteiger partial charge on any atom is 0.196 e. The van der Waals surface area contributed by atoms with Crippen LogP contribution >= 0.6 is 0 Å². The fourth-order valence-electron chi connectivity index (χ4n) is 3.18. The Bertz CT molecular complexity index is 798. The van der Waals surface area contributed by atoms with Crippen LogP contribution in [-0.4, -0.2) is 40.1 Å². The van der Waals surface area contributed by atoms with Crippen LogP contribution in [0.4, 0.5) is 0 Å². The third-order valence-electron chi connectivity index (χ3n) is 4.44. The number of methoxy groups -OCH3 is 2. The van der Waals surface area contributed by atoms with Crippen molar-refractivity contribution in [2.45, 2.75) is 0 Å². The SMILES string of the molecule is COc1cccc(/C=C2/C[NH+](C)C/C(=C\c3cccc(OC)c3)C2=O)c1. The molecule has 3 rings (SSSR count). The van der Waals surface area contributed by atoms with Gasteiger partial charge >= 0.3 is 0 Å². The Morgan fingerprint density at radius 1 is 0.846 bits per heavy atom. The normalized spacial score (nSPS) is 20.4. The molecule has 1 fully saturated rings. The first-order valence-corrected chi connectivity index (χ1v) is 8.64.